The molecular formula is C16H11F3N2OS2. The van der Waals surface area contributed by atoms with Gasteiger partial charge in [0.1, 0.15) is 10.7 Å². The van der Waals surface area contributed by atoms with E-state index in [1.54, 1.807) is 5.38 Å². The minimum Gasteiger partial charge on any atom is -0.321 e. The van der Waals surface area contributed by atoms with E-state index in [2.05, 4.69) is 10.3 Å². The number of alkyl halides is 3. The van der Waals surface area contributed by atoms with Gasteiger partial charge in [-0.3, -0.25) is 4.79 Å². The van der Waals surface area contributed by atoms with Crippen LogP contribution in [0.4, 0.5) is 18.9 Å². The Morgan fingerprint density at radius 1 is 1.21 bits per heavy atom. The Morgan fingerprint density at radius 3 is 2.67 bits per heavy atom. The fraction of sp³-hybridized carbons (Fsp3) is 0.125. The summed E-state index contributed by atoms with van der Waals surface area (Å²) in [6.45, 7) is 1.38. The number of thiazole rings is 1. The molecule has 1 aromatic carbocycles. The summed E-state index contributed by atoms with van der Waals surface area (Å²) in [5.41, 5.74) is -0.395. The zero-order valence-corrected chi connectivity index (χ0v) is 14.0. The molecular weight excluding hydrogens is 357 g/mol. The summed E-state index contributed by atoms with van der Waals surface area (Å²) in [4.78, 5) is 17.4. The van der Waals surface area contributed by atoms with Gasteiger partial charge < -0.3 is 5.32 Å². The second-order valence-corrected chi connectivity index (χ2v) is 6.80. The number of halogens is 3. The maximum atomic E-state index is 12.9. The van der Waals surface area contributed by atoms with E-state index in [4.69, 9.17) is 0 Å². The molecule has 0 saturated carbocycles. The summed E-state index contributed by atoms with van der Waals surface area (Å²) >= 11 is 2.82. The van der Waals surface area contributed by atoms with Crippen molar-refractivity contribution in [2.75, 3.05) is 5.32 Å². The molecule has 1 N–H and O–H groups in total. The molecule has 0 fully saturated rings. The summed E-state index contributed by atoms with van der Waals surface area (Å²) in [5.74, 6) is -0.536. The van der Waals surface area contributed by atoms with E-state index < -0.39 is 17.6 Å². The largest absolute Gasteiger partial charge is 0.416 e. The standard InChI is InChI=1S/C16H11F3N2OS2/c1-9-4-5-10(7-11(9)16(17,18)19)20-14(22)12-8-24-15(21-12)13-3-2-6-23-13/h2-8H,1H3,(H,20,22). The first kappa shape index (κ1) is 16.7. The van der Waals surface area contributed by atoms with Gasteiger partial charge >= 0.3 is 6.18 Å². The molecule has 8 heteroatoms. The van der Waals surface area contributed by atoms with Crippen LogP contribution in [-0.4, -0.2) is 10.9 Å². The Labute approximate surface area is 143 Å². The molecule has 3 nitrogen and oxygen atoms in total. The van der Waals surface area contributed by atoms with E-state index in [1.165, 1.54) is 41.7 Å². The number of anilines is 1. The van der Waals surface area contributed by atoms with Gasteiger partial charge in [-0.1, -0.05) is 12.1 Å². The van der Waals surface area contributed by atoms with E-state index in [0.717, 1.165) is 10.9 Å². The van der Waals surface area contributed by atoms with E-state index in [-0.39, 0.29) is 16.9 Å². The van der Waals surface area contributed by atoms with Gasteiger partial charge in [-0.15, -0.1) is 22.7 Å². The molecule has 0 bridgehead atoms. The molecule has 0 aliphatic heterocycles. The van der Waals surface area contributed by atoms with E-state index in [9.17, 15) is 18.0 Å². The van der Waals surface area contributed by atoms with Crippen LogP contribution in [0.2, 0.25) is 0 Å². The minimum absolute atomic E-state index is 0.0867. The van der Waals surface area contributed by atoms with Gasteiger partial charge in [-0.05, 0) is 36.1 Å². The van der Waals surface area contributed by atoms with Crippen LogP contribution in [0.25, 0.3) is 9.88 Å². The maximum absolute atomic E-state index is 12.9. The van der Waals surface area contributed by atoms with Crippen LogP contribution in [0.15, 0.2) is 41.1 Å². The van der Waals surface area contributed by atoms with Crippen LogP contribution < -0.4 is 5.32 Å². The molecule has 0 aliphatic rings. The molecule has 0 unspecified atom stereocenters. The highest BCUT2D eigenvalue weighted by atomic mass is 32.1. The summed E-state index contributed by atoms with van der Waals surface area (Å²) in [6, 6.07) is 7.47. The van der Waals surface area contributed by atoms with Crippen molar-refractivity contribution in [3.63, 3.8) is 0 Å². The lowest BCUT2D eigenvalue weighted by atomic mass is 10.1. The molecule has 2 aromatic heterocycles. The number of hydrogen-bond donors (Lipinski definition) is 1. The lowest BCUT2D eigenvalue weighted by Crippen LogP contribution is -2.14. The molecule has 24 heavy (non-hydrogen) atoms. The number of rotatable bonds is 3. The SMILES string of the molecule is Cc1ccc(NC(=O)c2csc(-c3cccs3)n2)cc1C(F)(F)F. The molecule has 3 aromatic rings. The summed E-state index contributed by atoms with van der Waals surface area (Å²) in [5, 5.41) is 6.66. The average Bonchev–Trinajstić information content (AvgIpc) is 3.18. The van der Waals surface area contributed by atoms with Crippen LogP contribution in [-0.2, 0) is 6.18 Å². The van der Waals surface area contributed by atoms with Crippen molar-refractivity contribution in [1.29, 1.82) is 0 Å². The lowest BCUT2D eigenvalue weighted by molar-refractivity contribution is -0.138. The zero-order chi connectivity index (χ0) is 17.3. The molecule has 0 saturated heterocycles. The maximum Gasteiger partial charge on any atom is 0.416 e. The molecule has 124 valence electrons. The number of nitrogens with one attached hydrogen (secondary N) is 1. The second-order valence-electron chi connectivity index (χ2n) is 5.00. The highest BCUT2D eigenvalue weighted by Gasteiger charge is 2.32. The fourth-order valence-electron chi connectivity index (χ4n) is 2.09. The van der Waals surface area contributed by atoms with Crippen molar-refractivity contribution in [2.45, 2.75) is 13.1 Å². The number of carbonyl (C=O) groups excluding carboxylic acids is 1. The second kappa shape index (κ2) is 6.37. The average molecular weight is 368 g/mol. The van der Waals surface area contributed by atoms with Gasteiger partial charge in [0.05, 0.1) is 10.4 Å². The molecule has 2 heterocycles. The van der Waals surface area contributed by atoms with Crippen LogP contribution in [0.3, 0.4) is 0 Å². The van der Waals surface area contributed by atoms with Gasteiger partial charge in [0.25, 0.3) is 5.91 Å². The highest BCUT2D eigenvalue weighted by Crippen LogP contribution is 2.33. The fourth-order valence-corrected chi connectivity index (χ4v) is 3.71. The summed E-state index contributed by atoms with van der Waals surface area (Å²) in [7, 11) is 0. The summed E-state index contributed by atoms with van der Waals surface area (Å²) in [6.07, 6.45) is -4.46. The number of carbonyl (C=O) groups is 1. The number of aromatic nitrogens is 1. The zero-order valence-electron chi connectivity index (χ0n) is 12.3. The smallest absolute Gasteiger partial charge is 0.321 e. The Morgan fingerprint density at radius 2 is 2.00 bits per heavy atom. The third-order valence-electron chi connectivity index (χ3n) is 3.27. The highest BCUT2D eigenvalue weighted by molar-refractivity contribution is 7.20. The summed E-state index contributed by atoms with van der Waals surface area (Å²) < 4.78 is 38.8. The van der Waals surface area contributed by atoms with Crippen molar-refractivity contribution in [2.24, 2.45) is 0 Å². The van der Waals surface area contributed by atoms with Gasteiger partial charge in [-0.2, -0.15) is 13.2 Å². The van der Waals surface area contributed by atoms with Crippen molar-refractivity contribution in [3.8, 4) is 9.88 Å². The van der Waals surface area contributed by atoms with E-state index in [0.29, 0.717) is 5.01 Å². The normalized spacial score (nSPS) is 11.5. The molecule has 3 rings (SSSR count). The monoisotopic (exact) mass is 368 g/mol. The first-order valence-electron chi connectivity index (χ1n) is 6.83. The van der Waals surface area contributed by atoms with Crippen LogP contribution >= 0.6 is 22.7 Å². The quantitative estimate of drug-likeness (QED) is 0.668. The topological polar surface area (TPSA) is 42.0 Å². The van der Waals surface area contributed by atoms with Crippen LogP contribution in [0, 0.1) is 6.92 Å². The molecule has 0 spiro atoms. The van der Waals surface area contributed by atoms with Crippen LogP contribution in [0.1, 0.15) is 21.6 Å². The Hall–Kier alpha value is -2.19. The predicted octanol–water partition coefficient (Wildman–Crippen LogP) is 5.45. The number of amides is 1. The van der Waals surface area contributed by atoms with Crippen molar-refractivity contribution in [3.05, 3.63) is 57.9 Å². The predicted molar refractivity (Wildman–Crippen MR) is 89.6 cm³/mol. The third-order valence-corrected chi connectivity index (χ3v) is 5.15. The van der Waals surface area contributed by atoms with Gasteiger partial charge in [0, 0.05) is 11.1 Å². The Kier molecular flexibility index (Phi) is 4.42. The van der Waals surface area contributed by atoms with E-state index in [1.807, 2.05) is 17.5 Å². The molecule has 0 atom stereocenters. The number of benzene rings is 1. The lowest BCUT2D eigenvalue weighted by Gasteiger charge is -2.12. The van der Waals surface area contributed by atoms with Gasteiger partial charge in [0.2, 0.25) is 0 Å². The first-order valence-corrected chi connectivity index (χ1v) is 8.59. The third kappa shape index (κ3) is 3.49. The van der Waals surface area contributed by atoms with Gasteiger partial charge in [0.15, 0.2) is 0 Å². The van der Waals surface area contributed by atoms with Crippen molar-refractivity contribution in [1.82, 2.24) is 4.98 Å². The van der Waals surface area contributed by atoms with Crippen molar-refractivity contribution < 1.29 is 18.0 Å². The number of hydrogen-bond acceptors (Lipinski definition) is 4. The van der Waals surface area contributed by atoms with E-state index >= 15 is 0 Å². The Bertz CT molecular complexity index is 870. The Balaban J connectivity index is 1.80. The van der Waals surface area contributed by atoms with Gasteiger partial charge in [-0.25, -0.2) is 4.98 Å². The number of aryl methyl sites for hydroxylation is 1. The number of nitrogens with zero attached hydrogens (tertiary/aromatic N) is 1. The van der Waals surface area contributed by atoms with Crippen molar-refractivity contribution >= 4 is 34.3 Å². The first-order chi connectivity index (χ1) is 11.3. The molecule has 0 radical (unpaired) electrons. The molecule has 1 amide bonds. The number of thiophene rings is 1. The molecule has 0 aliphatic carbocycles. The minimum atomic E-state index is -4.46. The van der Waals surface area contributed by atoms with Crippen LogP contribution in [0.5, 0.6) is 0 Å².